The molecule has 1 aromatic heterocycles. The van der Waals surface area contributed by atoms with Crippen LogP contribution >= 0.6 is 0 Å². The molecule has 0 bridgehead atoms. The Morgan fingerprint density at radius 2 is 1.83 bits per heavy atom. The minimum absolute atomic E-state index is 0.0267. The first-order valence-electron chi connectivity index (χ1n) is 14.1. The van der Waals surface area contributed by atoms with Crippen molar-refractivity contribution >= 4 is 43.8 Å². The van der Waals surface area contributed by atoms with E-state index >= 15 is 0 Å². The van der Waals surface area contributed by atoms with E-state index in [9.17, 15) is 17.6 Å². The minimum Gasteiger partial charge on any atom is -0.380 e. The highest BCUT2D eigenvalue weighted by Crippen LogP contribution is 2.30. The van der Waals surface area contributed by atoms with Crippen molar-refractivity contribution in [1.29, 1.82) is 0 Å². The van der Waals surface area contributed by atoms with Crippen molar-refractivity contribution in [3.63, 3.8) is 0 Å². The van der Waals surface area contributed by atoms with Crippen molar-refractivity contribution in [1.82, 2.24) is 20.4 Å². The number of rotatable bonds is 7. The molecule has 3 heterocycles. The number of piperazine rings is 1. The van der Waals surface area contributed by atoms with Gasteiger partial charge in [0.25, 0.3) is 5.91 Å². The maximum atomic E-state index is 13.8. The van der Waals surface area contributed by atoms with Crippen LogP contribution < -0.4 is 20.9 Å². The fourth-order valence-corrected chi connectivity index (χ4v) is 6.82. The number of sulfone groups is 1. The van der Waals surface area contributed by atoms with Gasteiger partial charge in [0, 0.05) is 55.5 Å². The van der Waals surface area contributed by atoms with Gasteiger partial charge in [-0.15, -0.1) is 0 Å². The van der Waals surface area contributed by atoms with Gasteiger partial charge in [0.05, 0.1) is 20.9 Å². The summed E-state index contributed by atoms with van der Waals surface area (Å²) in [5.41, 5.74) is 2.83. The van der Waals surface area contributed by atoms with Gasteiger partial charge in [-0.05, 0) is 81.0 Å². The first-order chi connectivity index (χ1) is 20.3. The van der Waals surface area contributed by atoms with E-state index in [0.29, 0.717) is 16.5 Å². The maximum absolute atomic E-state index is 13.8. The van der Waals surface area contributed by atoms with Gasteiger partial charge in [-0.2, -0.15) is 5.10 Å². The van der Waals surface area contributed by atoms with Crippen LogP contribution in [0.3, 0.4) is 0 Å². The van der Waals surface area contributed by atoms with E-state index in [1.807, 2.05) is 18.2 Å². The molecule has 2 aliphatic heterocycles. The normalized spacial score (nSPS) is 18.2. The number of amides is 1. The number of carbonyl (C=O) groups is 1. The number of halogens is 1. The molecule has 0 spiro atoms. The van der Waals surface area contributed by atoms with Crippen molar-refractivity contribution < 1.29 is 17.6 Å². The number of nitrogens with one attached hydrogen (secondary N) is 4. The Bertz CT molecular complexity index is 1710. The van der Waals surface area contributed by atoms with Gasteiger partial charge in [-0.25, -0.2) is 12.8 Å². The lowest BCUT2D eigenvalue weighted by Gasteiger charge is -2.34. The van der Waals surface area contributed by atoms with E-state index in [1.165, 1.54) is 30.3 Å². The van der Waals surface area contributed by atoms with Crippen molar-refractivity contribution in [3.05, 3.63) is 72.0 Å². The van der Waals surface area contributed by atoms with Gasteiger partial charge in [0.1, 0.15) is 5.82 Å². The molecule has 0 radical (unpaired) electrons. The predicted molar refractivity (Wildman–Crippen MR) is 162 cm³/mol. The second kappa shape index (κ2) is 11.7. The highest BCUT2D eigenvalue weighted by molar-refractivity contribution is 7.91. The highest BCUT2D eigenvalue weighted by atomic mass is 32.2. The lowest BCUT2D eigenvalue weighted by molar-refractivity contribution is 0.102. The molecule has 42 heavy (non-hydrogen) atoms. The topological polar surface area (TPSA) is 122 Å². The van der Waals surface area contributed by atoms with Crippen molar-refractivity contribution in [2.24, 2.45) is 0 Å². The minimum atomic E-state index is -3.99. The standard InChI is InChI=1S/C30H34FN7O3S/c1-37-12-14-38(15-13-37)22-7-9-25(28(17-22)33-21-5-3-11-32-19-21)30(39)34-29-26-18-24(8-10-27(26)35-36-29)42(40,41)23-6-2-4-20(31)16-23/h2,4,6-10,16-18,21,32-33H,3,5,11-15,19H2,1H3,(H2,34,35,36,39). The quantitative estimate of drug-likeness (QED) is 0.257. The predicted octanol–water partition coefficient (Wildman–Crippen LogP) is 3.70. The summed E-state index contributed by atoms with van der Waals surface area (Å²) in [6.45, 7) is 5.56. The van der Waals surface area contributed by atoms with Crippen LogP contribution in [0.1, 0.15) is 23.2 Å². The number of aromatic amines is 1. The number of hydrogen-bond acceptors (Lipinski definition) is 8. The molecule has 0 saturated carbocycles. The monoisotopic (exact) mass is 591 g/mol. The molecule has 2 fully saturated rings. The zero-order valence-corrected chi connectivity index (χ0v) is 24.2. The molecular formula is C30H34FN7O3S. The SMILES string of the molecule is CN1CCN(c2ccc(C(=O)Nc3n[nH]c4ccc(S(=O)(=O)c5cccc(F)c5)cc34)c(NC3CCCNC3)c2)CC1. The van der Waals surface area contributed by atoms with Crippen molar-refractivity contribution in [2.75, 3.05) is 61.8 Å². The maximum Gasteiger partial charge on any atom is 0.258 e. The Morgan fingerprint density at radius 3 is 2.60 bits per heavy atom. The van der Waals surface area contributed by atoms with Crippen LogP contribution in [0.2, 0.25) is 0 Å². The Balaban J connectivity index is 1.30. The number of carbonyl (C=O) groups excluding carboxylic acids is 1. The Hall–Kier alpha value is -4.00. The van der Waals surface area contributed by atoms with Crippen LogP contribution in [0, 0.1) is 5.82 Å². The van der Waals surface area contributed by atoms with Crippen LogP contribution in [0.25, 0.3) is 10.9 Å². The number of piperidine rings is 1. The van der Waals surface area contributed by atoms with Crippen LogP contribution in [0.15, 0.2) is 70.5 Å². The molecule has 1 unspecified atom stereocenters. The molecule has 1 atom stereocenters. The molecule has 2 aliphatic rings. The zero-order valence-electron chi connectivity index (χ0n) is 23.4. The van der Waals surface area contributed by atoms with E-state index in [2.05, 4.69) is 43.0 Å². The second-order valence-electron chi connectivity index (χ2n) is 10.9. The third-order valence-electron chi connectivity index (χ3n) is 7.96. The van der Waals surface area contributed by atoms with Gasteiger partial charge >= 0.3 is 0 Å². The largest absolute Gasteiger partial charge is 0.380 e. The summed E-state index contributed by atoms with van der Waals surface area (Å²) in [5, 5.41) is 17.4. The summed E-state index contributed by atoms with van der Waals surface area (Å²) in [7, 11) is -1.87. The first kappa shape index (κ1) is 28.1. The summed E-state index contributed by atoms with van der Waals surface area (Å²) in [5.74, 6) is -0.793. The van der Waals surface area contributed by atoms with Crippen LogP contribution in [0.4, 0.5) is 21.6 Å². The molecule has 12 heteroatoms. The Morgan fingerprint density at radius 1 is 1.02 bits per heavy atom. The molecule has 6 rings (SSSR count). The van der Waals surface area contributed by atoms with Gasteiger partial charge < -0.3 is 25.8 Å². The number of aromatic nitrogens is 2. The first-order valence-corrected chi connectivity index (χ1v) is 15.6. The molecule has 4 N–H and O–H groups in total. The highest BCUT2D eigenvalue weighted by Gasteiger charge is 2.23. The number of nitrogens with zero attached hydrogens (tertiary/aromatic N) is 3. The van der Waals surface area contributed by atoms with Gasteiger partial charge in [0.15, 0.2) is 5.82 Å². The molecule has 3 aromatic carbocycles. The summed E-state index contributed by atoms with van der Waals surface area (Å²) >= 11 is 0. The summed E-state index contributed by atoms with van der Waals surface area (Å²) in [4.78, 5) is 18.1. The van der Waals surface area contributed by atoms with Gasteiger partial charge in [0.2, 0.25) is 9.84 Å². The average molecular weight is 592 g/mol. The van der Waals surface area contributed by atoms with E-state index in [4.69, 9.17) is 0 Å². The molecule has 0 aliphatic carbocycles. The smallest absolute Gasteiger partial charge is 0.258 e. The lowest BCUT2D eigenvalue weighted by Crippen LogP contribution is -2.44. The van der Waals surface area contributed by atoms with E-state index in [-0.39, 0.29) is 27.6 Å². The van der Waals surface area contributed by atoms with E-state index in [1.54, 1.807) is 6.07 Å². The zero-order chi connectivity index (χ0) is 29.3. The van der Waals surface area contributed by atoms with Crippen molar-refractivity contribution in [3.8, 4) is 0 Å². The summed E-state index contributed by atoms with van der Waals surface area (Å²) in [6.07, 6.45) is 2.05. The number of fused-ring (bicyclic) bond motifs is 1. The fourth-order valence-electron chi connectivity index (χ4n) is 5.51. The molecule has 1 amide bonds. The fraction of sp³-hybridized carbons (Fsp3) is 0.333. The third kappa shape index (κ3) is 5.83. The summed E-state index contributed by atoms with van der Waals surface area (Å²) in [6, 6.07) is 15.4. The number of benzene rings is 3. The van der Waals surface area contributed by atoms with Crippen LogP contribution in [-0.2, 0) is 9.84 Å². The van der Waals surface area contributed by atoms with E-state index in [0.717, 1.165) is 69.6 Å². The number of anilines is 3. The number of hydrogen-bond donors (Lipinski definition) is 4. The third-order valence-corrected chi connectivity index (χ3v) is 9.70. The van der Waals surface area contributed by atoms with Gasteiger partial charge in [-0.3, -0.25) is 9.89 Å². The van der Waals surface area contributed by atoms with Crippen molar-refractivity contribution in [2.45, 2.75) is 28.7 Å². The lowest BCUT2D eigenvalue weighted by atomic mass is 10.0. The second-order valence-corrected chi connectivity index (χ2v) is 12.9. The molecule has 220 valence electrons. The average Bonchev–Trinajstić information content (AvgIpc) is 3.40. The van der Waals surface area contributed by atoms with Crippen LogP contribution in [-0.4, -0.2) is 81.8 Å². The Kier molecular flexibility index (Phi) is 7.84. The van der Waals surface area contributed by atoms with Gasteiger partial charge in [-0.1, -0.05) is 6.07 Å². The van der Waals surface area contributed by atoms with E-state index < -0.39 is 15.7 Å². The number of likely N-dealkylation sites (N-methyl/N-ethyl adjacent to an activating group) is 1. The Labute approximate surface area is 244 Å². The molecule has 2 saturated heterocycles. The summed E-state index contributed by atoms with van der Waals surface area (Å²) < 4.78 is 40.2. The molecule has 4 aromatic rings. The molecular weight excluding hydrogens is 557 g/mol. The number of H-pyrrole nitrogens is 1. The molecule has 10 nitrogen and oxygen atoms in total. The van der Waals surface area contributed by atoms with Crippen LogP contribution in [0.5, 0.6) is 0 Å².